The summed E-state index contributed by atoms with van der Waals surface area (Å²) in [5.74, 6) is 0.135. The number of aliphatic hydroxyl groups excluding tert-OH is 1. The van der Waals surface area contributed by atoms with Crippen LogP contribution in [0.3, 0.4) is 0 Å². The number of H-pyrrole nitrogens is 1. The van der Waals surface area contributed by atoms with Gasteiger partial charge < -0.3 is 15.7 Å². The van der Waals surface area contributed by atoms with Crippen LogP contribution in [0.2, 0.25) is 0 Å². The van der Waals surface area contributed by atoms with Crippen LogP contribution < -0.4 is 21.9 Å². The molecule has 7 heteroatoms. The zero-order valence-electron chi connectivity index (χ0n) is 10.9. The highest BCUT2D eigenvalue weighted by Crippen LogP contribution is 2.18. The zero-order valence-corrected chi connectivity index (χ0v) is 10.9. The van der Waals surface area contributed by atoms with Crippen molar-refractivity contribution in [3.8, 4) is 0 Å². The van der Waals surface area contributed by atoms with E-state index in [9.17, 15) is 9.59 Å². The first kappa shape index (κ1) is 14.3. The molecule has 0 atom stereocenters. The maximum absolute atomic E-state index is 11.9. The maximum Gasteiger partial charge on any atom is 0.329 e. The number of aromatic nitrogens is 2. The van der Waals surface area contributed by atoms with Crippen LogP contribution in [0.15, 0.2) is 9.59 Å². The SMILES string of the molecule is CC(C)N(CCCO)c1c(N)n(C)c(=O)[nH]c1=O. The number of aromatic amines is 1. The number of nitrogens with zero attached hydrogens (tertiary/aromatic N) is 2. The number of hydrogen-bond donors (Lipinski definition) is 3. The van der Waals surface area contributed by atoms with Crippen LogP contribution >= 0.6 is 0 Å². The van der Waals surface area contributed by atoms with Crippen LogP contribution in [0.1, 0.15) is 20.3 Å². The van der Waals surface area contributed by atoms with Gasteiger partial charge in [0.15, 0.2) is 0 Å². The standard InChI is InChI=1S/C11H20N4O3/c1-7(2)15(5-4-6-16)8-9(12)14(3)11(18)13-10(8)17/h7,16H,4-6,12H2,1-3H3,(H,13,17,18). The van der Waals surface area contributed by atoms with E-state index in [1.54, 1.807) is 4.90 Å². The van der Waals surface area contributed by atoms with Gasteiger partial charge in [0.1, 0.15) is 11.5 Å². The van der Waals surface area contributed by atoms with Gasteiger partial charge in [0.05, 0.1) is 0 Å². The van der Waals surface area contributed by atoms with Gasteiger partial charge in [-0.2, -0.15) is 0 Å². The Morgan fingerprint density at radius 2 is 2.06 bits per heavy atom. The number of rotatable bonds is 5. The highest BCUT2D eigenvalue weighted by Gasteiger charge is 2.19. The van der Waals surface area contributed by atoms with Gasteiger partial charge in [0.25, 0.3) is 5.56 Å². The van der Waals surface area contributed by atoms with E-state index in [1.165, 1.54) is 11.6 Å². The molecule has 1 heterocycles. The summed E-state index contributed by atoms with van der Waals surface area (Å²) in [4.78, 5) is 27.3. The molecule has 0 bridgehead atoms. The Balaban J connectivity index is 3.32. The Morgan fingerprint density at radius 3 is 2.56 bits per heavy atom. The quantitative estimate of drug-likeness (QED) is 0.643. The first-order valence-corrected chi connectivity index (χ1v) is 5.86. The first-order valence-electron chi connectivity index (χ1n) is 5.86. The Morgan fingerprint density at radius 1 is 1.44 bits per heavy atom. The van der Waals surface area contributed by atoms with Crippen molar-refractivity contribution in [2.45, 2.75) is 26.3 Å². The predicted octanol–water partition coefficient (Wildman–Crippen LogP) is -0.747. The maximum atomic E-state index is 11.9. The predicted molar refractivity (Wildman–Crippen MR) is 70.9 cm³/mol. The summed E-state index contributed by atoms with van der Waals surface area (Å²) in [6.07, 6.45) is 0.528. The third-order valence-electron chi connectivity index (χ3n) is 2.81. The molecule has 102 valence electrons. The van der Waals surface area contributed by atoms with E-state index < -0.39 is 11.2 Å². The lowest BCUT2D eigenvalue weighted by Crippen LogP contribution is -2.41. The molecule has 0 amide bonds. The summed E-state index contributed by atoms with van der Waals surface area (Å²) >= 11 is 0. The van der Waals surface area contributed by atoms with Crippen molar-refractivity contribution in [2.24, 2.45) is 7.05 Å². The fourth-order valence-electron chi connectivity index (χ4n) is 1.77. The fourth-order valence-corrected chi connectivity index (χ4v) is 1.77. The summed E-state index contributed by atoms with van der Waals surface area (Å²) in [5.41, 5.74) is 5.08. The van der Waals surface area contributed by atoms with Crippen molar-refractivity contribution in [2.75, 3.05) is 23.8 Å². The molecule has 0 aromatic carbocycles. The van der Waals surface area contributed by atoms with E-state index in [0.717, 1.165) is 0 Å². The van der Waals surface area contributed by atoms with E-state index in [-0.39, 0.29) is 24.2 Å². The van der Waals surface area contributed by atoms with Crippen LogP contribution in [0.5, 0.6) is 0 Å². The Bertz CT molecular complexity index is 518. The summed E-state index contributed by atoms with van der Waals surface area (Å²) in [6, 6.07) is 0.0393. The number of anilines is 2. The van der Waals surface area contributed by atoms with Gasteiger partial charge in [-0.1, -0.05) is 0 Å². The Hall–Kier alpha value is -1.76. The monoisotopic (exact) mass is 256 g/mol. The van der Waals surface area contributed by atoms with Gasteiger partial charge in [-0.3, -0.25) is 14.3 Å². The van der Waals surface area contributed by atoms with Crippen LogP contribution in [-0.2, 0) is 7.05 Å². The molecular formula is C11H20N4O3. The van der Waals surface area contributed by atoms with E-state index >= 15 is 0 Å². The lowest BCUT2D eigenvalue weighted by Gasteiger charge is -2.29. The molecule has 18 heavy (non-hydrogen) atoms. The number of nitrogens with one attached hydrogen (secondary N) is 1. The molecule has 0 aliphatic carbocycles. The normalized spacial score (nSPS) is 10.9. The zero-order chi connectivity index (χ0) is 13.9. The molecule has 0 radical (unpaired) electrons. The minimum Gasteiger partial charge on any atom is -0.396 e. The fraction of sp³-hybridized carbons (Fsp3) is 0.636. The number of aliphatic hydroxyl groups is 1. The number of hydrogen-bond acceptors (Lipinski definition) is 5. The highest BCUT2D eigenvalue weighted by atomic mass is 16.3. The third kappa shape index (κ3) is 2.73. The Kier molecular flexibility index (Phi) is 4.55. The van der Waals surface area contributed by atoms with E-state index in [1.807, 2.05) is 13.8 Å². The molecule has 1 aromatic rings. The molecular weight excluding hydrogens is 236 g/mol. The van der Waals surface area contributed by atoms with Gasteiger partial charge in [0, 0.05) is 26.2 Å². The van der Waals surface area contributed by atoms with E-state index in [2.05, 4.69) is 4.98 Å². The lowest BCUT2D eigenvalue weighted by atomic mass is 10.2. The van der Waals surface area contributed by atoms with Crippen LogP contribution in [0, 0.1) is 0 Å². The molecule has 0 saturated heterocycles. The molecule has 0 fully saturated rings. The smallest absolute Gasteiger partial charge is 0.329 e. The second-order valence-corrected chi connectivity index (χ2v) is 4.42. The summed E-state index contributed by atoms with van der Waals surface area (Å²) in [5, 5.41) is 8.88. The van der Waals surface area contributed by atoms with Crippen molar-refractivity contribution < 1.29 is 5.11 Å². The van der Waals surface area contributed by atoms with Crippen LogP contribution in [-0.4, -0.2) is 33.9 Å². The van der Waals surface area contributed by atoms with Crippen molar-refractivity contribution in [3.05, 3.63) is 20.8 Å². The van der Waals surface area contributed by atoms with Gasteiger partial charge in [0.2, 0.25) is 0 Å². The van der Waals surface area contributed by atoms with Gasteiger partial charge in [-0.25, -0.2) is 4.79 Å². The summed E-state index contributed by atoms with van der Waals surface area (Å²) < 4.78 is 1.20. The first-order chi connectivity index (χ1) is 8.40. The van der Waals surface area contributed by atoms with Crippen molar-refractivity contribution in [1.29, 1.82) is 0 Å². The molecule has 0 aliphatic rings. The van der Waals surface area contributed by atoms with Crippen LogP contribution in [0.25, 0.3) is 0 Å². The van der Waals surface area contributed by atoms with Crippen molar-refractivity contribution >= 4 is 11.5 Å². The molecule has 4 N–H and O–H groups in total. The lowest BCUT2D eigenvalue weighted by molar-refractivity contribution is 0.288. The molecule has 0 unspecified atom stereocenters. The van der Waals surface area contributed by atoms with Gasteiger partial charge in [-0.05, 0) is 20.3 Å². The minimum atomic E-state index is -0.535. The van der Waals surface area contributed by atoms with Gasteiger partial charge >= 0.3 is 5.69 Å². The second kappa shape index (κ2) is 5.72. The molecule has 0 spiro atoms. The van der Waals surface area contributed by atoms with E-state index in [4.69, 9.17) is 10.8 Å². The molecule has 0 saturated carbocycles. The highest BCUT2D eigenvalue weighted by molar-refractivity contribution is 5.62. The second-order valence-electron chi connectivity index (χ2n) is 4.42. The average Bonchev–Trinajstić information content (AvgIpc) is 2.30. The number of nitrogen functional groups attached to an aromatic ring is 1. The summed E-state index contributed by atoms with van der Waals surface area (Å²) in [7, 11) is 1.50. The van der Waals surface area contributed by atoms with Crippen LogP contribution in [0.4, 0.5) is 11.5 Å². The molecule has 7 nitrogen and oxygen atoms in total. The third-order valence-corrected chi connectivity index (χ3v) is 2.81. The molecule has 1 aromatic heterocycles. The topological polar surface area (TPSA) is 104 Å². The average molecular weight is 256 g/mol. The summed E-state index contributed by atoms with van der Waals surface area (Å²) in [6.45, 7) is 4.37. The van der Waals surface area contributed by atoms with Crippen molar-refractivity contribution in [1.82, 2.24) is 9.55 Å². The van der Waals surface area contributed by atoms with Crippen molar-refractivity contribution in [3.63, 3.8) is 0 Å². The largest absolute Gasteiger partial charge is 0.396 e. The molecule has 0 aliphatic heterocycles. The van der Waals surface area contributed by atoms with Gasteiger partial charge in [-0.15, -0.1) is 0 Å². The number of nitrogens with two attached hydrogens (primary N) is 1. The molecule has 1 rings (SSSR count). The minimum absolute atomic E-state index is 0.0345. The Labute approximate surface area is 105 Å². The van der Waals surface area contributed by atoms with E-state index in [0.29, 0.717) is 13.0 Å².